The van der Waals surface area contributed by atoms with Gasteiger partial charge in [-0.3, -0.25) is 4.79 Å². The van der Waals surface area contributed by atoms with Crippen molar-refractivity contribution in [2.75, 3.05) is 13.2 Å². The standard InChI is InChI=1S/C21H23NO3/c1-15-6-3-4-7-17(15)9-11-21(23)22-16(2)18-8-10-19-20(14-18)25-13-5-12-24-19/h3-4,6-11,14,16H,5,12-13H2,1-2H3,(H,22,23)/b11-9+. The van der Waals surface area contributed by atoms with E-state index >= 15 is 0 Å². The fourth-order valence-corrected chi connectivity index (χ4v) is 2.73. The van der Waals surface area contributed by atoms with Crippen LogP contribution in [0, 0.1) is 6.92 Å². The predicted molar refractivity (Wildman–Crippen MR) is 98.8 cm³/mol. The van der Waals surface area contributed by atoms with Crippen molar-refractivity contribution >= 4 is 12.0 Å². The first kappa shape index (κ1) is 17.1. The molecule has 0 spiro atoms. The van der Waals surface area contributed by atoms with Gasteiger partial charge in [0, 0.05) is 12.5 Å². The van der Waals surface area contributed by atoms with E-state index in [4.69, 9.17) is 9.47 Å². The summed E-state index contributed by atoms with van der Waals surface area (Å²) in [7, 11) is 0. The van der Waals surface area contributed by atoms with Crippen molar-refractivity contribution < 1.29 is 14.3 Å². The summed E-state index contributed by atoms with van der Waals surface area (Å²) in [5.74, 6) is 1.38. The smallest absolute Gasteiger partial charge is 0.244 e. The fourth-order valence-electron chi connectivity index (χ4n) is 2.73. The monoisotopic (exact) mass is 337 g/mol. The minimum atomic E-state index is -0.122. The highest BCUT2D eigenvalue weighted by atomic mass is 16.5. The lowest BCUT2D eigenvalue weighted by Crippen LogP contribution is -2.24. The Balaban J connectivity index is 1.65. The van der Waals surface area contributed by atoms with Gasteiger partial charge in [-0.15, -0.1) is 0 Å². The minimum Gasteiger partial charge on any atom is -0.490 e. The maximum Gasteiger partial charge on any atom is 0.244 e. The maximum atomic E-state index is 12.2. The molecule has 0 saturated carbocycles. The van der Waals surface area contributed by atoms with E-state index in [0.717, 1.165) is 34.6 Å². The summed E-state index contributed by atoms with van der Waals surface area (Å²) in [6.07, 6.45) is 4.28. The lowest BCUT2D eigenvalue weighted by Gasteiger charge is -2.15. The molecule has 1 heterocycles. The molecule has 1 aliphatic rings. The number of amides is 1. The van der Waals surface area contributed by atoms with Gasteiger partial charge in [0.25, 0.3) is 0 Å². The van der Waals surface area contributed by atoms with E-state index in [1.807, 2.05) is 62.4 Å². The third-order valence-electron chi connectivity index (χ3n) is 4.23. The summed E-state index contributed by atoms with van der Waals surface area (Å²) in [6.45, 7) is 5.30. The largest absolute Gasteiger partial charge is 0.490 e. The number of benzene rings is 2. The Kier molecular flexibility index (Phi) is 5.39. The van der Waals surface area contributed by atoms with Crippen molar-refractivity contribution in [1.29, 1.82) is 0 Å². The van der Waals surface area contributed by atoms with Gasteiger partial charge in [-0.1, -0.05) is 30.3 Å². The van der Waals surface area contributed by atoms with Gasteiger partial charge in [-0.25, -0.2) is 0 Å². The van der Waals surface area contributed by atoms with Gasteiger partial charge in [-0.05, 0) is 48.7 Å². The number of carbonyl (C=O) groups excluding carboxylic acids is 1. The van der Waals surface area contributed by atoms with Gasteiger partial charge < -0.3 is 14.8 Å². The quantitative estimate of drug-likeness (QED) is 0.856. The van der Waals surface area contributed by atoms with E-state index in [-0.39, 0.29) is 11.9 Å². The Labute approximate surface area is 148 Å². The molecule has 3 rings (SSSR count). The zero-order chi connectivity index (χ0) is 17.6. The normalized spacial score (nSPS) is 14.8. The second kappa shape index (κ2) is 7.88. The maximum absolute atomic E-state index is 12.2. The zero-order valence-corrected chi connectivity index (χ0v) is 14.6. The van der Waals surface area contributed by atoms with Gasteiger partial charge in [-0.2, -0.15) is 0 Å². The molecule has 130 valence electrons. The van der Waals surface area contributed by atoms with Crippen LogP contribution in [0.1, 0.15) is 36.1 Å². The van der Waals surface area contributed by atoms with Crippen LogP contribution in [0.15, 0.2) is 48.5 Å². The second-order valence-electron chi connectivity index (χ2n) is 6.18. The van der Waals surface area contributed by atoms with E-state index in [1.54, 1.807) is 6.08 Å². The van der Waals surface area contributed by atoms with Crippen molar-refractivity contribution in [3.05, 3.63) is 65.2 Å². The molecule has 0 aromatic heterocycles. The van der Waals surface area contributed by atoms with Crippen molar-refractivity contribution in [1.82, 2.24) is 5.32 Å². The minimum absolute atomic E-state index is 0.119. The Morgan fingerprint density at radius 2 is 1.88 bits per heavy atom. The van der Waals surface area contributed by atoms with E-state index in [9.17, 15) is 4.79 Å². The predicted octanol–water partition coefficient (Wildman–Crippen LogP) is 4.05. The molecule has 1 unspecified atom stereocenters. The lowest BCUT2D eigenvalue weighted by molar-refractivity contribution is -0.117. The molecule has 2 aromatic rings. The molecule has 4 nitrogen and oxygen atoms in total. The van der Waals surface area contributed by atoms with Crippen LogP contribution in [0.25, 0.3) is 6.08 Å². The SMILES string of the molecule is Cc1ccccc1/C=C/C(=O)NC(C)c1ccc2c(c1)OCCCO2. The van der Waals surface area contributed by atoms with Gasteiger partial charge in [0.15, 0.2) is 11.5 Å². The number of aryl methyl sites for hydroxylation is 1. The van der Waals surface area contributed by atoms with E-state index in [1.165, 1.54) is 0 Å². The number of fused-ring (bicyclic) bond motifs is 1. The highest BCUT2D eigenvalue weighted by Gasteiger charge is 2.14. The van der Waals surface area contributed by atoms with Crippen LogP contribution in [-0.4, -0.2) is 19.1 Å². The molecule has 1 aliphatic heterocycles. The number of hydrogen-bond donors (Lipinski definition) is 1. The highest BCUT2D eigenvalue weighted by molar-refractivity contribution is 5.92. The van der Waals surface area contributed by atoms with Crippen LogP contribution in [-0.2, 0) is 4.79 Å². The molecule has 1 amide bonds. The summed E-state index contributed by atoms with van der Waals surface area (Å²) < 4.78 is 11.4. The molecule has 25 heavy (non-hydrogen) atoms. The van der Waals surface area contributed by atoms with Crippen LogP contribution in [0.3, 0.4) is 0 Å². The average Bonchev–Trinajstić information content (AvgIpc) is 2.85. The van der Waals surface area contributed by atoms with Gasteiger partial charge >= 0.3 is 0 Å². The van der Waals surface area contributed by atoms with Crippen LogP contribution in [0.4, 0.5) is 0 Å². The van der Waals surface area contributed by atoms with Gasteiger partial charge in [0.05, 0.1) is 19.3 Å². The molecule has 1 atom stereocenters. The number of rotatable bonds is 4. The van der Waals surface area contributed by atoms with Crippen LogP contribution in [0.5, 0.6) is 11.5 Å². The first-order valence-corrected chi connectivity index (χ1v) is 8.57. The average molecular weight is 337 g/mol. The molecule has 4 heteroatoms. The van der Waals surface area contributed by atoms with Crippen LogP contribution in [0.2, 0.25) is 0 Å². The third-order valence-corrected chi connectivity index (χ3v) is 4.23. The number of nitrogens with one attached hydrogen (secondary N) is 1. The molecule has 2 aromatic carbocycles. The van der Waals surface area contributed by atoms with Crippen molar-refractivity contribution in [2.45, 2.75) is 26.3 Å². The second-order valence-corrected chi connectivity index (χ2v) is 6.18. The van der Waals surface area contributed by atoms with Crippen molar-refractivity contribution in [3.63, 3.8) is 0 Å². The summed E-state index contributed by atoms with van der Waals surface area (Å²) in [5.41, 5.74) is 3.17. The van der Waals surface area contributed by atoms with Gasteiger partial charge in [0.2, 0.25) is 5.91 Å². The Morgan fingerprint density at radius 3 is 2.68 bits per heavy atom. The van der Waals surface area contributed by atoms with Gasteiger partial charge in [0.1, 0.15) is 0 Å². The summed E-state index contributed by atoms with van der Waals surface area (Å²) >= 11 is 0. The number of carbonyl (C=O) groups is 1. The van der Waals surface area contributed by atoms with E-state index in [0.29, 0.717) is 13.2 Å². The van der Waals surface area contributed by atoms with Crippen LogP contribution < -0.4 is 14.8 Å². The van der Waals surface area contributed by atoms with Crippen molar-refractivity contribution in [2.24, 2.45) is 0 Å². The molecule has 0 aliphatic carbocycles. The molecule has 0 bridgehead atoms. The molecular weight excluding hydrogens is 314 g/mol. The first-order chi connectivity index (χ1) is 12.1. The third kappa shape index (κ3) is 4.41. The Morgan fingerprint density at radius 1 is 1.12 bits per heavy atom. The first-order valence-electron chi connectivity index (χ1n) is 8.57. The fraction of sp³-hybridized carbons (Fsp3) is 0.286. The molecule has 0 radical (unpaired) electrons. The van der Waals surface area contributed by atoms with E-state index in [2.05, 4.69) is 5.32 Å². The van der Waals surface area contributed by atoms with E-state index < -0.39 is 0 Å². The van der Waals surface area contributed by atoms with Crippen LogP contribution >= 0.6 is 0 Å². The number of ether oxygens (including phenoxy) is 2. The lowest BCUT2D eigenvalue weighted by atomic mass is 10.1. The number of hydrogen-bond acceptors (Lipinski definition) is 3. The topological polar surface area (TPSA) is 47.6 Å². The highest BCUT2D eigenvalue weighted by Crippen LogP contribution is 2.32. The summed E-state index contributed by atoms with van der Waals surface area (Å²) in [5, 5.41) is 2.99. The Bertz CT molecular complexity index is 782. The molecule has 0 fully saturated rings. The summed E-state index contributed by atoms with van der Waals surface area (Å²) in [4.78, 5) is 12.2. The Hall–Kier alpha value is -2.75. The summed E-state index contributed by atoms with van der Waals surface area (Å²) in [6, 6.07) is 13.7. The molecule has 0 saturated heterocycles. The molecule has 1 N–H and O–H groups in total. The van der Waals surface area contributed by atoms with Crippen molar-refractivity contribution in [3.8, 4) is 11.5 Å². The molecular formula is C21H23NO3. The zero-order valence-electron chi connectivity index (χ0n) is 14.6.